The minimum Gasteiger partial charge on any atom is -0.481 e. The molecule has 12 heavy (non-hydrogen) atoms. The van der Waals surface area contributed by atoms with Crippen molar-refractivity contribution < 1.29 is 19.5 Å². The van der Waals surface area contributed by atoms with Gasteiger partial charge in [-0.2, -0.15) is 0 Å². The first-order valence-corrected chi connectivity index (χ1v) is 3.69. The third-order valence-corrected chi connectivity index (χ3v) is 1.36. The van der Waals surface area contributed by atoms with E-state index in [1.165, 1.54) is 0 Å². The smallest absolute Gasteiger partial charge is 0.310 e. The Morgan fingerprint density at radius 2 is 1.67 bits per heavy atom. The summed E-state index contributed by atoms with van der Waals surface area (Å²) in [6.07, 6.45) is -0.817. The highest BCUT2D eigenvalue weighted by atomic mass is 16.4. The Balaban J connectivity index is 3.85. The Labute approximate surface area is 70.6 Å². The van der Waals surface area contributed by atoms with E-state index in [0.29, 0.717) is 0 Å². The van der Waals surface area contributed by atoms with E-state index in [4.69, 9.17) is 5.11 Å². The van der Waals surface area contributed by atoms with E-state index < -0.39 is 18.2 Å². The molecule has 0 saturated heterocycles. The van der Waals surface area contributed by atoms with Crippen LogP contribution in [0.25, 0.3) is 0 Å². The van der Waals surface area contributed by atoms with Crippen LogP contribution in [0.15, 0.2) is 0 Å². The van der Waals surface area contributed by atoms with Gasteiger partial charge in [-0.3, -0.25) is 14.4 Å². The second-order valence-electron chi connectivity index (χ2n) is 2.91. The SMILES string of the molecule is CC(C)C(=O)CC(=O)CC(=O)O. The molecule has 0 amide bonds. The lowest BCUT2D eigenvalue weighted by atomic mass is 10.0. The Hall–Kier alpha value is -1.19. The van der Waals surface area contributed by atoms with Gasteiger partial charge in [0.05, 0.1) is 6.42 Å². The largest absolute Gasteiger partial charge is 0.481 e. The maximum atomic E-state index is 10.9. The normalized spacial score (nSPS) is 9.92. The molecule has 68 valence electrons. The van der Waals surface area contributed by atoms with Gasteiger partial charge < -0.3 is 5.11 Å². The average molecular weight is 172 g/mol. The van der Waals surface area contributed by atoms with Crippen molar-refractivity contribution in [2.45, 2.75) is 26.7 Å². The average Bonchev–Trinajstić information content (AvgIpc) is 1.84. The first kappa shape index (κ1) is 10.8. The molecular weight excluding hydrogens is 160 g/mol. The van der Waals surface area contributed by atoms with Crippen LogP contribution in [0.3, 0.4) is 0 Å². The molecule has 0 aliphatic carbocycles. The topological polar surface area (TPSA) is 71.4 Å². The van der Waals surface area contributed by atoms with Crippen LogP contribution in [0.1, 0.15) is 26.7 Å². The van der Waals surface area contributed by atoms with Gasteiger partial charge >= 0.3 is 5.97 Å². The Kier molecular flexibility index (Phi) is 4.18. The van der Waals surface area contributed by atoms with Crippen LogP contribution in [-0.2, 0) is 14.4 Å². The van der Waals surface area contributed by atoms with E-state index in [0.717, 1.165) is 0 Å². The van der Waals surface area contributed by atoms with Crippen LogP contribution in [0.5, 0.6) is 0 Å². The van der Waals surface area contributed by atoms with E-state index in [2.05, 4.69) is 0 Å². The van der Waals surface area contributed by atoms with Gasteiger partial charge in [0.2, 0.25) is 0 Å². The third-order valence-electron chi connectivity index (χ3n) is 1.36. The zero-order valence-corrected chi connectivity index (χ0v) is 7.16. The summed E-state index contributed by atoms with van der Waals surface area (Å²) in [6, 6.07) is 0. The number of hydrogen-bond donors (Lipinski definition) is 1. The number of carboxylic acid groups (broad SMARTS) is 1. The third kappa shape index (κ3) is 4.60. The summed E-state index contributed by atoms with van der Waals surface area (Å²) in [5.74, 6) is -2.12. The molecular formula is C8H12O4. The number of carboxylic acids is 1. The lowest BCUT2D eigenvalue weighted by Gasteiger charge is -2.00. The second-order valence-corrected chi connectivity index (χ2v) is 2.91. The quantitative estimate of drug-likeness (QED) is 0.618. The Morgan fingerprint density at radius 1 is 1.17 bits per heavy atom. The molecule has 0 heterocycles. The molecule has 1 N–H and O–H groups in total. The van der Waals surface area contributed by atoms with E-state index in [1.54, 1.807) is 13.8 Å². The molecule has 0 rings (SSSR count). The van der Waals surface area contributed by atoms with Crippen LogP contribution >= 0.6 is 0 Å². The highest BCUT2D eigenvalue weighted by Crippen LogP contribution is 2.00. The summed E-state index contributed by atoms with van der Waals surface area (Å²) in [4.78, 5) is 31.7. The molecule has 4 nitrogen and oxygen atoms in total. The van der Waals surface area contributed by atoms with Gasteiger partial charge in [0, 0.05) is 5.92 Å². The molecule has 0 fully saturated rings. The molecule has 0 spiro atoms. The van der Waals surface area contributed by atoms with Crippen LogP contribution in [0, 0.1) is 5.92 Å². The standard InChI is InChI=1S/C8H12O4/c1-5(2)7(10)3-6(9)4-8(11)12/h5H,3-4H2,1-2H3,(H,11,12). The first-order valence-electron chi connectivity index (χ1n) is 3.69. The van der Waals surface area contributed by atoms with Crippen molar-refractivity contribution in [1.29, 1.82) is 0 Å². The Morgan fingerprint density at radius 3 is 2.00 bits per heavy atom. The highest BCUT2D eigenvalue weighted by molar-refractivity contribution is 6.05. The molecule has 4 heteroatoms. The lowest BCUT2D eigenvalue weighted by molar-refractivity contribution is -0.140. The highest BCUT2D eigenvalue weighted by Gasteiger charge is 2.14. The maximum Gasteiger partial charge on any atom is 0.310 e. The van der Waals surface area contributed by atoms with Crippen molar-refractivity contribution in [2.75, 3.05) is 0 Å². The van der Waals surface area contributed by atoms with Crippen molar-refractivity contribution in [1.82, 2.24) is 0 Å². The number of ketones is 2. The fourth-order valence-electron chi connectivity index (χ4n) is 0.630. The number of carbonyl (C=O) groups is 3. The van der Waals surface area contributed by atoms with Crippen molar-refractivity contribution in [3.05, 3.63) is 0 Å². The lowest BCUT2D eigenvalue weighted by Crippen LogP contribution is -2.15. The molecule has 0 saturated carbocycles. The first-order chi connectivity index (χ1) is 5.43. The summed E-state index contributed by atoms with van der Waals surface area (Å²) >= 11 is 0. The summed E-state index contributed by atoms with van der Waals surface area (Å²) in [6.45, 7) is 3.35. The van der Waals surface area contributed by atoms with E-state index in [9.17, 15) is 14.4 Å². The predicted octanol–water partition coefficient (Wildman–Crippen LogP) is 0.645. The molecule has 0 aromatic carbocycles. The molecule has 0 aromatic heterocycles. The Bertz CT molecular complexity index is 205. The van der Waals surface area contributed by atoms with Gasteiger partial charge in [-0.15, -0.1) is 0 Å². The summed E-state index contributed by atoms with van der Waals surface area (Å²) in [5.41, 5.74) is 0. The monoisotopic (exact) mass is 172 g/mol. The van der Waals surface area contributed by atoms with Crippen molar-refractivity contribution >= 4 is 17.5 Å². The minimum absolute atomic E-state index is 0.206. The van der Waals surface area contributed by atoms with Crippen LogP contribution < -0.4 is 0 Å². The molecule has 0 atom stereocenters. The second kappa shape index (κ2) is 4.64. The molecule has 0 radical (unpaired) electrons. The van der Waals surface area contributed by atoms with E-state index in [-0.39, 0.29) is 18.1 Å². The summed E-state index contributed by atoms with van der Waals surface area (Å²) in [7, 11) is 0. The van der Waals surface area contributed by atoms with Gasteiger partial charge in [0.25, 0.3) is 0 Å². The molecule has 0 aliphatic heterocycles. The predicted molar refractivity (Wildman–Crippen MR) is 41.7 cm³/mol. The van der Waals surface area contributed by atoms with E-state index >= 15 is 0 Å². The molecule has 0 bridgehead atoms. The van der Waals surface area contributed by atoms with Gasteiger partial charge in [0.1, 0.15) is 12.2 Å². The zero-order chi connectivity index (χ0) is 9.72. The number of Topliss-reactive ketones (excluding diaryl/α,β-unsaturated/α-hetero) is 2. The van der Waals surface area contributed by atoms with Crippen LogP contribution in [0.2, 0.25) is 0 Å². The number of aliphatic carboxylic acids is 1. The molecule has 0 aromatic rings. The van der Waals surface area contributed by atoms with Crippen molar-refractivity contribution in [2.24, 2.45) is 5.92 Å². The zero-order valence-electron chi connectivity index (χ0n) is 7.16. The van der Waals surface area contributed by atoms with Crippen molar-refractivity contribution in [3.8, 4) is 0 Å². The summed E-state index contributed by atoms with van der Waals surface area (Å²) in [5, 5.41) is 8.20. The van der Waals surface area contributed by atoms with E-state index in [1.807, 2.05) is 0 Å². The fraction of sp³-hybridized carbons (Fsp3) is 0.625. The number of hydrogen-bond acceptors (Lipinski definition) is 3. The van der Waals surface area contributed by atoms with Crippen LogP contribution in [0.4, 0.5) is 0 Å². The van der Waals surface area contributed by atoms with Gasteiger partial charge in [0.15, 0.2) is 5.78 Å². The van der Waals surface area contributed by atoms with Gasteiger partial charge in [-0.05, 0) is 0 Å². The number of rotatable bonds is 5. The molecule has 0 unspecified atom stereocenters. The van der Waals surface area contributed by atoms with Crippen molar-refractivity contribution in [3.63, 3.8) is 0 Å². The van der Waals surface area contributed by atoms with Crippen LogP contribution in [-0.4, -0.2) is 22.6 Å². The maximum absolute atomic E-state index is 10.9. The number of carbonyl (C=O) groups excluding carboxylic acids is 2. The minimum atomic E-state index is -1.18. The van der Waals surface area contributed by atoms with Gasteiger partial charge in [-0.1, -0.05) is 13.8 Å². The fourth-order valence-corrected chi connectivity index (χ4v) is 0.630. The van der Waals surface area contributed by atoms with Gasteiger partial charge in [-0.25, -0.2) is 0 Å². The summed E-state index contributed by atoms with van der Waals surface area (Å²) < 4.78 is 0. The molecule has 0 aliphatic rings.